The zero-order valence-corrected chi connectivity index (χ0v) is 13.3. The van der Waals surface area contributed by atoms with Gasteiger partial charge in [0.1, 0.15) is 5.75 Å². The van der Waals surface area contributed by atoms with Crippen molar-refractivity contribution in [1.82, 2.24) is 0 Å². The van der Waals surface area contributed by atoms with E-state index in [9.17, 15) is 4.79 Å². The predicted molar refractivity (Wildman–Crippen MR) is 85.5 cm³/mol. The minimum absolute atomic E-state index is 0.0867. The van der Waals surface area contributed by atoms with Gasteiger partial charge in [0.2, 0.25) is 5.91 Å². The van der Waals surface area contributed by atoms with Crippen LogP contribution in [0.1, 0.15) is 33.6 Å². The molecule has 0 bridgehead atoms. The topological polar surface area (TPSA) is 73.6 Å². The van der Waals surface area contributed by atoms with Crippen LogP contribution in [0, 0.1) is 5.92 Å². The Hall–Kier alpha value is -1.75. The number of amides is 1. The first-order valence-electron chi connectivity index (χ1n) is 7.27. The van der Waals surface area contributed by atoms with Crippen LogP contribution in [-0.4, -0.2) is 25.7 Å². The third-order valence-corrected chi connectivity index (χ3v) is 3.05. The van der Waals surface area contributed by atoms with E-state index in [1.54, 1.807) is 25.3 Å². The summed E-state index contributed by atoms with van der Waals surface area (Å²) >= 11 is 0. The minimum atomic E-state index is -0.0867. The number of methoxy groups -OCH3 is 1. The molecule has 0 heterocycles. The Morgan fingerprint density at radius 1 is 1.33 bits per heavy atom. The van der Waals surface area contributed by atoms with Crippen LogP contribution in [-0.2, 0) is 9.53 Å². The molecule has 1 atom stereocenters. The van der Waals surface area contributed by atoms with Crippen LogP contribution in [0.5, 0.6) is 5.75 Å². The summed E-state index contributed by atoms with van der Waals surface area (Å²) in [4.78, 5) is 11.8. The van der Waals surface area contributed by atoms with E-state index < -0.39 is 0 Å². The van der Waals surface area contributed by atoms with Gasteiger partial charge in [-0.15, -0.1) is 0 Å². The van der Waals surface area contributed by atoms with Crippen LogP contribution in [0.4, 0.5) is 11.4 Å². The van der Waals surface area contributed by atoms with Gasteiger partial charge < -0.3 is 20.5 Å². The number of ether oxygens (including phenoxy) is 2. The third kappa shape index (κ3) is 6.49. The first-order chi connectivity index (χ1) is 9.92. The van der Waals surface area contributed by atoms with Crippen molar-refractivity contribution in [2.75, 3.05) is 24.8 Å². The summed E-state index contributed by atoms with van der Waals surface area (Å²) < 4.78 is 10.7. The van der Waals surface area contributed by atoms with E-state index in [1.807, 2.05) is 6.92 Å². The van der Waals surface area contributed by atoms with Crippen molar-refractivity contribution in [2.24, 2.45) is 5.92 Å². The van der Waals surface area contributed by atoms with Gasteiger partial charge in [0.15, 0.2) is 0 Å². The largest absolute Gasteiger partial charge is 0.495 e. The monoisotopic (exact) mass is 294 g/mol. The number of nitrogens with two attached hydrogens (primary N) is 1. The summed E-state index contributed by atoms with van der Waals surface area (Å²) in [5, 5.41) is 2.79. The van der Waals surface area contributed by atoms with E-state index in [0.29, 0.717) is 36.1 Å². The Morgan fingerprint density at radius 3 is 2.62 bits per heavy atom. The molecule has 0 fully saturated rings. The van der Waals surface area contributed by atoms with Gasteiger partial charge in [-0.25, -0.2) is 0 Å². The highest BCUT2D eigenvalue weighted by Gasteiger charge is 2.08. The SMILES string of the molecule is COc1ccc(NC(=O)CCOC(C)CC(C)C)cc1N. The van der Waals surface area contributed by atoms with Crippen LogP contribution >= 0.6 is 0 Å². The Balaban J connectivity index is 2.35. The van der Waals surface area contributed by atoms with E-state index in [1.165, 1.54) is 0 Å². The number of rotatable bonds is 8. The second-order valence-corrected chi connectivity index (χ2v) is 5.57. The molecular weight excluding hydrogens is 268 g/mol. The molecule has 0 saturated carbocycles. The van der Waals surface area contributed by atoms with E-state index in [-0.39, 0.29) is 12.0 Å². The van der Waals surface area contributed by atoms with Gasteiger partial charge in [0, 0.05) is 5.69 Å². The Labute approximate surface area is 126 Å². The van der Waals surface area contributed by atoms with Crippen molar-refractivity contribution in [3.05, 3.63) is 18.2 Å². The van der Waals surface area contributed by atoms with Crippen molar-refractivity contribution in [2.45, 2.75) is 39.7 Å². The fourth-order valence-electron chi connectivity index (χ4n) is 2.12. The molecule has 5 heteroatoms. The predicted octanol–water partition coefficient (Wildman–Crippen LogP) is 3.06. The lowest BCUT2D eigenvalue weighted by molar-refractivity contribution is -0.117. The van der Waals surface area contributed by atoms with Gasteiger partial charge in [-0.3, -0.25) is 4.79 Å². The van der Waals surface area contributed by atoms with Gasteiger partial charge >= 0.3 is 0 Å². The molecular formula is C16H26N2O3. The van der Waals surface area contributed by atoms with Gasteiger partial charge in [0.25, 0.3) is 0 Å². The summed E-state index contributed by atoms with van der Waals surface area (Å²) in [7, 11) is 1.56. The van der Waals surface area contributed by atoms with Crippen molar-refractivity contribution in [1.29, 1.82) is 0 Å². The summed E-state index contributed by atoms with van der Waals surface area (Å²) in [5.41, 5.74) is 6.95. The van der Waals surface area contributed by atoms with E-state index in [2.05, 4.69) is 19.2 Å². The summed E-state index contributed by atoms with van der Waals surface area (Å²) in [5.74, 6) is 1.10. The van der Waals surface area contributed by atoms with Crippen molar-refractivity contribution in [3.63, 3.8) is 0 Å². The van der Waals surface area contributed by atoms with Gasteiger partial charge in [-0.1, -0.05) is 13.8 Å². The number of anilines is 2. The maximum atomic E-state index is 11.8. The van der Waals surface area contributed by atoms with E-state index in [4.69, 9.17) is 15.2 Å². The maximum absolute atomic E-state index is 11.8. The van der Waals surface area contributed by atoms with Crippen LogP contribution in [0.2, 0.25) is 0 Å². The van der Waals surface area contributed by atoms with Gasteiger partial charge in [-0.05, 0) is 37.5 Å². The molecule has 0 radical (unpaired) electrons. The van der Waals surface area contributed by atoms with Gasteiger partial charge in [0.05, 0.1) is 31.9 Å². The molecule has 21 heavy (non-hydrogen) atoms. The third-order valence-electron chi connectivity index (χ3n) is 3.05. The molecule has 0 saturated heterocycles. The summed E-state index contributed by atoms with van der Waals surface area (Å²) in [6.07, 6.45) is 1.50. The molecule has 0 aliphatic heterocycles. The first-order valence-corrected chi connectivity index (χ1v) is 7.27. The highest BCUT2D eigenvalue weighted by molar-refractivity contribution is 5.91. The van der Waals surface area contributed by atoms with Crippen LogP contribution in [0.25, 0.3) is 0 Å². The molecule has 1 amide bonds. The smallest absolute Gasteiger partial charge is 0.226 e. The number of carbonyl (C=O) groups is 1. The normalized spacial score (nSPS) is 12.2. The van der Waals surface area contributed by atoms with E-state index in [0.717, 1.165) is 6.42 Å². The van der Waals surface area contributed by atoms with Crippen molar-refractivity contribution in [3.8, 4) is 5.75 Å². The zero-order valence-electron chi connectivity index (χ0n) is 13.3. The Morgan fingerprint density at radius 2 is 2.05 bits per heavy atom. The fourth-order valence-corrected chi connectivity index (χ4v) is 2.12. The standard InChI is InChI=1S/C16H26N2O3/c1-11(2)9-12(3)21-8-7-16(19)18-13-5-6-15(20-4)14(17)10-13/h5-6,10-12H,7-9,17H2,1-4H3,(H,18,19). The second-order valence-electron chi connectivity index (χ2n) is 5.57. The molecule has 0 aliphatic carbocycles. The van der Waals surface area contributed by atoms with Crippen LogP contribution in [0.15, 0.2) is 18.2 Å². The highest BCUT2D eigenvalue weighted by atomic mass is 16.5. The van der Waals surface area contributed by atoms with Crippen LogP contribution < -0.4 is 15.8 Å². The Kier molecular flexibility index (Phi) is 7.02. The molecule has 5 nitrogen and oxygen atoms in total. The number of carbonyl (C=O) groups excluding carboxylic acids is 1. The number of hydrogen-bond acceptors (Lipinski definition) is 4. The lowest BCUT2D eigenvalue weighted by Gasteiger charge is -2.15. The first kappa shape index (κ1) is 17.3. The van der Waals surface area contributed by atoms with Crippen LogP contribution in [0.3, 0.4) is 0 Å². The molecule has 3 N–H and O–H groups in total. The molecule has 0 aromatic heterocycles. The fraction of sp³-hybridized carbons (Fsp3) is 0.562. The average molecular weight is 294 g/mol. The second kappa shape index (κ2) is 8.52. The molecule has 118 valence electrons. The number of nitrogens with one attached hydrogen (secondary N) is 1. The molecule has 1 rings (SSSR count). The lowest BCUT2D eigenvalue weighted by Crippen LogP contribution is -2.18. The van der Waals surface area contributed by atoms with Crippen molar-refractivity contribution < 1.29 is 14.3 Å². The van der Waals surface area contributed by atoms with E-state index >= 15 is 0 Å². The maximum Gasteiger partial charge on any atom is 0.226 e. The molecule has 1 unspecified atom stereocenters. The number of hydrogen-bond donors (Lipinski definition) is 2. The Bertz CT molecular complexity index is 461. The van der Waals surface area contributed by atoms with Gasteiger partial charge in [-0.2, -0.15) is 0 Å². The molecule has 0 spiro atoms. The lowest BCUT2D eigenvalue weighted by atomic mass is 10.1. The highest BCUT2D eigenvalue weighted by Crippen LogP contribution is 2.24. The number of benzene rings is 1. The molecule has 0 aliphatic rings. The molecule has 1 aromatic rings. The molecule has 1 aromatic carbocycles. The average Bonchev–Trinajstić information content (AvgIpc) is 2.38. The van der Waals surface area contributed by atoms with Crippen molar-refractivity contribution >= 4 is 17.3 Å². The zero-order chi connectivity index (χ0) is 15.8. The summed E-state index contributed by atoms with van der Waals surface area (Å²) in [6.45, 7) is 6.76. The quantitative estimate of drug-likeness (QED) is 0.723. The minimum Gasteiger partial charge on any atom is -0.495 e. The number of nitrogen functional groups attached to an aromatic ring is 1. The summed E-state index contributed by atoms with van der Waals surface area (Å²) in [6, 6.07) is 5.17.